The molecule has 0 fully saturated rings. The van der Waals surface area contributed by atoms with E-state index in [1.54, 1.807) is 0 Å². The van der Waals surface area contributed by atoms with Crippen molar-refractivity contribution in [2.24, 2.45) is 22.9 Å². The molecule has 0 radical (unpaired) electrons. The molecule has 0 aromatic rings. The Bertz CT molecular complexity index is 305. The molecule has 0 aliphatic rings. The zero-order chi connectivity index (χ0) is 14.9. The molecule has 2 amide bonds. The van der Waals surface area contributed by atoms with E-state index >= 15 is 0 Å². The van der Waals surface area contributed by atoms with Crippen molar-refractivity contribution in [3.8, 4) is 0 Å². The zero-order valence-electron chi connectivity index (χ0n) is 10.0. The Balaban J connectivity index is -0.000000256. The second-order valence-corrected chi connectivity index (χ2v) is 3.19. The molecule has 2 unspecified atom stereocenters. The summed E-state index contributed by atoms with van der Waals surface area (Å²) >= 11 is 0. The van der Waals surface area contributed by atoms with Gasteiger partial charge in [0.1, 0.15) is 0 Å². The van der Waals surface area contributed by atoms with Crippen LogP contribution in [0.15, 0.2) is 0 Å². The number of primary amides is 2. The van der Waals surface area contributed by atoms with Crippen molar-refractivity contribution in [1.29, 1.82) is 0 Å². The van der Waals surface area contributed by atoms with Gasteiger partial charge in [-0.1, -0.05) is 0 Å². The minimum Gasteiger partial charge on any atom is -0.548 e. The summed E-state index contributed by atoms with van der Waals surface area (Å²) in [4.78, 5) is 39.5. The van der Waals surface area contributed by atoms with E-state index in [4.69, 9.17) is 11.5 Å². The third-order valence-corrected chi connectivity index (χ3v) is 1.45. The van der Waals surface area contributed by atoms with Crippen LogP contribution in [0.4, 0.5) is 0 Å². The molecule has 0 bridgehead atoms. The number of amides is 2. The van der Waals surface area contributed by atoms with Crippen molar-refractivity contribution in [2.45, 2.75) is 24.9 Å². The number of carbonyl (C=O) groups is 4. The van der Waals surface area contributed by atoms with Crippen molar-refractivity contribution in [1.82, 2.24) is 0 Å². The average molecular weight is 287 g/mol. The van der Waals surface area contributed by atoms with Gasteiger partial charge in [0.25, 0.3) is 0 Å². The van der Waals surface area contributed by atoms with E-state index in [1.165, 1.54) is 0 Å². The summed E-state index contributed by atoms with van der Waals surface area (Å²) in [6.45, 7) is 0. The van der Waals surface area contributed by atoms with Gasteiger partial charge in [0, 0.05) is 12.8 Å². The summed E-state index contributed by atoms with van der Waals surface area (Å²) in [5.41, 5.74) is 19.0. The monoisotopic (exact) mass is 286 g/mol. The molecule has 0 aromatic heterocycles. The van der Waals surface area contributed by atoms with Gasteiger partial charge < -0.3 is 42.7 Å². The van der Waals surface area contributed by atoms with E-state index in [0.717, 1.165) is 0 Å². The average Bonchev–Trinajstić information content (AvgIpc) is 2.16. The first-order chi connectivity index (χ1) is 8.07. The van der Waals surface area contributed by atoms with Crippen molar-refractivity contribution in [2.75, 3.05) is 0 Å². The molecule has 0 aromatic carbocycles. The maximum absolute atomic E-state index is 9.97. The van der Waals surface area contributed by atoms with Crippen LogP contribution < -0.4 is 33.1 Å². The predicted molar refractivity (Wildman–Crippen MR) is 59.3 cm³/mol. The molecule has 0 saturated heterocycles. The van der Waals surface area contributed by atoms with Crippen LogP contribution in [0, 0.1) is 0 Å². The second-order valence-electron chi connectivity index (χ2n) is 3.19. The zero-order valence-corrected chi connectivity index (χ0v) is 11.4. The number of carbonyl (C=O) groups excluding carboxylic acids is 4. The van der Waals surface area contributed by atoms with Crippen LogP contribution in [-0.2, 0) is 19.2 Å². The molecule has 19 heavy (non-hydrogen) atoms. The van der Waals surface area contributed by atoms with Crippen molar-refractivity contribution < 1.29 is 29.4 Å². The molecular weight excluding hydrogens is 272 g/mol. The van der Waals surface area contributed by atoms with Crippen LogP contribution >= 0.6 is 0 Å². The third kappa shape index (κ3) is 16.6. The van der Waals surface area contributed by atoms with Crippen LogP contribution in [0.25, 0.3) is 0 Å². The van der Waals surface area contributed by atoms with Crippen molar-refractivity contribution in [3.05, 3.63) is 0 Å². The number of carboxylic acid groups (broad SMARTS) is 2. The number of nitrogens with two attached hydrogens (primary N) is 4. The van der Waals surface area contributed by atoms with E-state index < -0.39 is 35.8 Å². The maximum atomic E-state index is 9.97. The summed E-state index contributed by atoms with van der Waals surface area (Å²) in [6, 6.07) is -2.55. The molecule has 2 atom stereocenters. The molecule has 0 heterocycles. The van der Waals surface area contributed by atoms with Crippen LogP contribution in [0.5, 0.6) is 0 Å². The molecule has 0 aliphatic carbocycles. The van der Waals surface area contributed by atoms with Gasteiger partial charge in [-0.25, -0.2) is 0 Å². The normalized spacial score (nSPS) is 11.9. The van der Waals surface area contributed by atoms with Crippen LogP contribution in [0.1, 0.15) is 12.8 Å². The summed E-state index contributed by atoms with van der Waals surface area (Å²) in [5.74, 6) is -4.42. The Hall–Kier alpha value is -1.43. The first-order valence-electron chi connectivity index (χ1n) is 4.57. The number of rotatable bonds is 6. The molecule has 0 saturated carbocycles. The fourth-order valence-corrected chi connectivity index (χ4v) is 0.600. The molecule has 104 valence electrons. The van der Waals surface area contributed by atoms with Crippen molar-refractivity contribution >= 4 is 46.8 Å². The fraction of sp³-hybridized carbons (Fsp3) is 0.500. The van der Waals surface area contributed by atoms with Gasteiger partial charge in [0.15, 0.2) is 0 Å². The largest absolute Gasteiger partial charge is 2.00 e. The smallest absolute Gasteiger partial charge is 0.548 e. The summed E-state index contributed by atoms with van der Waals surface area (Å²) in [7, 11) is 0. The van der Waals surface area contributed by atoms with Crippen molar-refractivity contribution in [3.63, 3.8) is 0 Å². The van der Waals surface area contributed by atoms with Gasteiger partial charge in [0.2, 0.25) is 11.8 Å². The minimum atomic E-state index is -1.46. The number of carboxylic acids is 2. The summed E-state index contributed by atoms with van der Waals surface area (Å²) in [6.07, 6.45) is -0.745. The van der Waals surface area contributed by atoms with E-state index in [9.17, 15) is 29.4 Å². The molecule has 0 rings (SSSR count). The van der Waals surface area contributed by atoms with Gasteiger partial charge >= 0.3 is 23.1 Å². The Morgan fingerprint density at radius 1 is 0.789 bits per heavy atom. The van der Waals surface area contributed by atoms with Gasteiger partial charge in [-0.15, -0.1) is 0 Å². The molecule has 0 aliphatic heterocycles. The van der Waals surface area contributed by atoms with Gasteiger partial charge in [-0.05, 0) is 0 Å². The molecule has 8 N–H and O–H groups in total. The second kappa shape index (κ2) is 11.6. The van der Waals surface area contributed by atoms with Gasteiger partial charge in [-0.2, -0.15) is 0 Å². The third-order valence-electron chi connectivity index (χ3n) is 1.45. The number of hydrogen-bond donors (Lipinski definition) is 4. The summed E-state index contributed by atoms with van der Waals surface area (Å²) < 4.78 is 0. The first kappa shape index (κ1) is 22.7. The Kier molecular flexibility index (Phi) is 13.9. The van der Waals surface area contributed by atoms with E-state index in [0.29, 0.717) is 0 Å². The Morgan fingerprint density at radius 3 is 1.05 bits per heavy atom. The molecular formula is C8H14MgN4O6. The molecule has 10 nitrogen and oxygen atoms in total. The van der Waals surface area contributed by atoms with Crippen LogP contribution in [0.3, 0.4) is 0 Å². The fourth-order valence-electron chi connectivity index (χ4n) is 0.600. The Morgan fingerprint density at radius 2 is 1.00 bits per heavy atom. The van der Waals surface area contributed by atoms with E-state index in [2.05, 4.69) is 11.5 Å². The predicted octanol–water partition coefficient (Wildman–Crippen LogP) is -6.50. The first-order valence-corrected chi connectivity index (χ1v) is 4.57. The number of hydrogen-bond acceptors (Lipinski definition) is 8. The van der Waals surface area contributed by atoms with Crippen LogP contribution in [-0.4, -0.2) is 58.9 Å². The minimum absolute atomic E-state index is 0. The van der Waals surface area contributed by atoms with E-state index in [-0.39, 0.29) is 35.9 Å². The van der Waals surface area contributed by atoms with Gasteiger partial charge in [0.05, 0.1) is 24.0 Å². The van der Waals surface area contributed by atoms with Crippen LogP contribution in [0.2, 0.25) is 0 Å². The molecule has 0 spiro atoms. The quantitative estimate of drug-likeness (QED) is 0.343. The SMILES string of the molecule is NC(=O)CC(N)C(=O)[O-].NC(=O)CC(N)C(=O)[O-].[Mg+2]. The topological polar surface area (TPSA) is 218 Å². The molecule has 11 heteroatoms. The standard InChI is InChI=1S/2C4H8N2O3.Mg/c2*5-2(4(8)9)1-3(6)7;/h2*2H,1,5H2,(H2,6,7)(H,8,9);/q;;+2/p-2. The number of aliphatic carboxylic acids is 2. The maximum Gasteiger partial charge on any atom is 2.00 e. The summed E-state index contributed by atoms with van der Waals surface area (Å²) in [5, 5.41) is 19.6. The van der Waals surface area contributed by atoms with Gasteiger partial charge in [-0.3, -0.25) is 9.59 Å². The Labute approximate surface area is 124 Å². The van der Waals surface area contributed by atoms with E-state index in [1.807, 2.05) is 0 Å².